The summed E-state index contributed by atoms with van der Waals surface area (Å²) in [6.45, 7) is 3.06. The summed E-state index contributed by atoms with van der Waals surface area (Å²) in [5.41, 5.74) is 0.670. The fourth-order valence-electron chi connectivity index (χ4n) is 3.25. The summed E-state index contributed by atoms with van der Waals surface area (Å²) in [6, 6.07) is 12.1. The second-order valence-corrected chi connectivity index (χ2v) is 11.1. The van der Waals surface area contributed by atoms with E-state index in [1.54, 1.807) is 24.3 Å². The number of ether oxygens (including phenoxy) is 2. The topological polar surface area (TPSA) is 122 Å². The van der Waals surface area contributed by atoms with Crippen molar-refractivity contribution in [3.63, 3.8) is 0 Å². The number of nitrogens with one attached hydrogen (secondary N) is 1. The predicted molar refractivity (Wildman–Crippen MR) is 124 cm³/mol. The predicted octanol–water partition coefficient (Wildman–Crippen LogP) is 1.51. The number of benzene rings is 2. The van der Waals surface area contributed by atoms with Gasteiger partial charge in [0.2, 0.25) is 26.0 Å². The molecule has 0 atom stereocenters. The van der Waals surface area contributed by atoms with Crippen LogP contribution in [0.25, 0.3) is 0 Å². The number of hydrogen-bond donors (Lipinski definition) is 1. The van der Waals surface area contributed by atoms with Gasteiger partial charge in [-0.3, -0.25) is 9.10 Å². The highest BCUT2D eigenvalue weighted by Gasteiger charge is 2.27. The van der Waals surface area contributed by atoms with E-state index in [1.807, 2.05) is 6.92 Å². The van der Waals surface area contributed by atoms with Crippen molar-refractivity contribution in [3.8, 4) is 5.75 Å². The number of morpholine rings is 1. The summed E-state index contributed by atoms with van der Waals surface area (Å²) < 4.78 is 63.0. The van der Waals surface area contributed by atoms with E-state index in [2.05, 4.69) is 5.32 Å². The fourth-order valence-corrected chi connectivity index (χ4v) is 5.52. The molecule has 3 rings (SSSR count). The molecule has 1 N–H and O–H groups in total. The number of rotatable bonds is 9. The van der Waals surface area contributed by atoms with Crippen LogP contribution in [0.3, 0.4) is 0 Å². The lowest BCUT2D eigenvalue weighted by atomic mass is 10.3. The number of sulfonamides is 2. The Morgan fingerprint density at radius 2 is 1.64 bits per heavy atom. The highest BCUT2D eigenvalue weighted by atomic mass is 32.2. The van der Waals surface area contributed by atoms with Gasteiger partial charge in [0.15, 0.2) is 0 Å². The summed E-state index contributed by atoms with van der Waals surface area (Å²) in [5.74, 6) is 0.106. The van der Waals surface area contributed by atoms with E-state index in [-0.39, 0.29) is 23.7 Å². The molecular formula is C21H27N3O7S2. The summed E-state index contributed by atoms with van der Waals surface area (Å²) in [7, 11) is -7.53. The highest BCUT2D eigenvalue weighted by molar-refractivity contribution is 7.92. The van der Waals surface area contributed by atoms with Gasteiger partial charge in [0.05, 0.1) is 36.7 Å². The van der Waals surface area contributed by atoms with Crippen molar-refractivity contribution in [2.45, 2.75) is 11.8 Å². The van der Waals surface area contributed by atoms with Crippen molar-refractivity contribution in [2.24, 2.45) is 0 Å². The quantitative estimate of drug-likeness (QED) is 0.557. The fraction of sp³-hybridized carbons (Fsp3) is 0.381. The van der Waals surface area contributed by atoms with Crippen LogP contribution in [0.5, 0.6) is 5.75 Å². The van der Waals surface area contributed by atoms with Gasteiger partial charge >= 0.3 is 0 Å². The van der Waals surface area contributed by atoms with Crippen LogP contribution in [0, 0.1) is 0 Å². The van der Waals surface area contributed by atoms with Crippen molar-refractivity contribution in [2.75, 3.05) is 55.3 Å². The number of anilines is 2. The van der Waals surface area contributed by atoms with E-state index in [1.165, 1.54) is 28.6 Å². The van der Waals surface area contributed by atoms with Crippen LogP contribution in [-0.4, -0.2) is 72.8 Å². The monoisotopic (exact) mass is 497 g/mol. The summed E-state index contributed by atoms with van der Waals surface area (Å²) in [5, 5.41) is 2.65. The molecule has 0 saturated carbocycles. The highest BCUT2D eigenvalue weighted by Crippen LogP contribution is 2.23. The van der Waals surface area contributed by atoms with Crippen LogP contribution in [0.1, 0.15) is 6.92 Å². The van der Waals surface area contributed by atoms with Gasteiger partial charge in [-0.2, -0.15) is 4.31 Å². The number of nitrogens with zero attached hydrogens (tertiary/aromatic N) is 2. The van der Waals surface area contributed by atoms with Crippen molar-refractivity contribution in [3.05, 3.63) is 48.5 Å². The molecule has 0 radical (unpaired) electrons. The molecule has 1 amide bonds. The lowest BCUT2D eigenvalue weighted by molar-refractivity contribution is -0.114. The second-order valence-electron chi connectivity index (χ2n) is 7.29. The molecule has 0 aromatic heterocycles. The van der Waals surface area contributed by atoms with Crippen LogP contribution in [0.2, 0.25) is 0 Å². The van der Waals surface area contributed by atoms with Crippen LogP contribution >= 0.6 is 0 Å². The normalized spacial score (nSPS) is 15.1. The lowest BCUT2D eigenvalue weighted by Gasteiger charge is -2.26. The van der Waals surface area contributed by atoms with E-state index in [9.17, 15) is 21.6 Å². The molecule has 0 aliphatic carbocycles. The third kappa shape index (κ3) is 6.44. The Morgan fingerprint density at radius 3 is 2.18 bits per heavy atom. The first kappa shape index (κ1) is 25.0. The van der Waals surface area contributed by atoms with Gasteiger partial charge in [-0.25, -0.2) is 16.8 Å². The van der Waals surface area contributed by atoms with Gasteiger partial charge in [0.25, 0.3) is 0 Å². The number of carbonyl (C=O) groups excluding carboxylic acids is 1. The van der Waals surface area contributed by atoms with E-state index < -0.39 is 32.5 Å². The summed E-state index contributed by atoms with van der Waals surface area (Å²) in [4.78, 5) is 12.6. The average molecular weight is 498 g/mol. The maximum atomic E-state index is 12.8. The first-order chi connectivity index (χ1) is 15.6. The molecule has 1 saturated heterocycles. The third-order valence-corrected chi connectivity index (χ3v) is 7.92. The van der Waals surface area contributed by atoms with E-state index >= 15 is 0 Å². The van der Waals surface area contributed by atoms with Gasteiger partial charge in [-0.1, -0.05) is 0 Å². The molecule has 1 fully saturated rings. The van der Waals surface area contributed by atoms with Gasteiger partial charge in [0, 0.05) is 18.8 Å². The largest absolute Gasteiger partial charge is 0.494 e. The summed E-state index contributed by atoms with van der Waals surface area (Å²) in [6.07, 6.45) is 0.982. The smallest absolute Gasteiger partial charge is 0.245 e. The second kappa shape index (κ2) is 10.5. The van der Waals surface area contributed by atoms with E-state index in [0.717, 1.165) is 10.6 Å². The minimum atomic E-state index is -3.81. The van der Waals surface area contributed by atoms with Crippen LogP contribution in [-0.2, 0) is 29.6 Å². The van der Waals surface area contributed by atoms with Gasteiger partial charge < -0.3 is 14.8 Å². The first-order valence-corrected chi connectivity index (χ1v) is 13.6. The Kier molecular flexibility index (Phi) is 7.95. The molecule has 0 unspecified atom stereocenters. The molecule has 2 aromatic carbocycles. The molecule has 2 aromatic rings. The molecule has 0 bridgehead atoms. The van der Waals surface area contributed by atoms with Gasteiger partial charge in [-0.05, 0) is 55.5 Å². The van der Waals surface area contributed by atoms with Gasteiger partial charge in [0.1, 0.15) is 12.3 Å². The third-order valence-electron chi connectivity index (χ3n) is 4.87. The molecule has 10 nitrogen and oxygen atoms in total. The van der Waals surface area contributed by atoms with Crippen LogP contribution in [0.15, 0.2) is 53.4 Å². The minimum Gasteiger partial charge on any atom is -0.494 e. The molecule has 12 heteroatoms. The van der Waals surface area contributed by atoms with Gasteiger partial charge in [-0.15, -0.1) is 0 Å². The Morgan fingerprint density at radius 1 is 1.03 bits per heavy atom. The van der Waals surface area contributed by atoms with E-state index in [0.29, 0.717) is 31.3 Å². The Labute approximate surface area is 194 Å². The van der Waals surface area contributed by atoms with Crippen molar-refractivity contribution >= 4 is 37.3 Å². The van der Waals surface area contributed by atoms with Crippen molar-refractivity contribution in [1.29, 1.82) is 0 Å². The molecule has 33 heavy (non-hydrogen) atoms. The first-order valence-electron chi connectivity index (χ1n) is 10.3. The zero-order valence-electron chi connectivity index (χ0n) is 18.4. The zero-order chi connectivity index (χ0) is 24.1. The Hall–Kier alpha value is -2.67. The van der Waals surface area contributed by atoms with Crippen molar-refractivity contribution < 1.29 is 31.1 Å². The molecule has 180 valence electrons. The molecular weight excluding hydrogens is 470 g/mol. The molecule has 0 spiro atoms. The maximum absolute atomic E-state index is 12.8. The molecule has 1 heterocycles. The SMILES string of the molecule is CCOc1ccc(NC(=O)CN(c2ccc(S(=O)(=O)N3CCOCC3)cc2)S(C)(=O)=O)cc1. The standard InChI is InChI=1S/C21H27N3O7S2/c1-3-31-19-8-4-17(5-9-19)22-21(25)16-24(32(2,26)27)18-6-10-20(11-7-18)33(28,29)23-12-14-30-15-13-23/h4-11H,3,12-16H2,1-2H3,(H,22,25). The number of amides is 1. The van der Waals surface area contributed by atoms with Crippen LogP contribution < -0.4 is 14.4 Å². The van der Waals surface area contributed by atoms with E-state index in [4.69, 9.17) is 9.47 Å². The molecule has 1 aliphatic rings. The summed E-state index contributed by atoms with van der Waals surface area (Å²) >= 11 is 0. The zero-order valence-corrected chi connectivity index (χ0v) is 20.1. The number of hydrogen-bond acceptors (Lipinski definition) is 7. The molecule has 1 aliphatic heterocycles. The van der Waals surface area contributed by atoms with Crippen molar-refractivity contribution in [1.82, 2.24) is 4.31 Å². The minimum absolute atomic E-state index is 0.0421. The Balaban J connectivity index is 1.74. The maximum Gasteiger partial charge on any atom is 0.245 e. The number of carbonyl (C=O) groups is 1. The van der Waals surface area contributed by atoms with Crippen LogP contribution in [0.4, 0.5) is 11.4 Å². The average Bonchev–Trinajstić information content (AvgIpc) is 2.79. The lowest BCUT2D eigenvalue weighted by Crippen LogP contribution is -2.40. The Bertz CT molecular complexity index is 1160.